The number of rotatable bonds is 4. The van der Waals surface area contributed by atoms with Gasteiger partial charge in [-0.25, -0.2) is 0 Å². The largest absolute Gasteiger partial charge is 0.508 e. The van der Waals surface area contributed by atoms with Gasteiger partial charge in [-0.2, -0.15) is 0 Å². The SMILES string of the molecule is O=[N+]([O-])c1ccc2c(c1)OC(CN1CCCC(c3cccc(O)c3)C1)CO2. The van der Waals surface area contributed by atoms with Crippen LogP contribution in [0.25, 0.3) is 0 Å². The zero-order chi connectivity index (χ0) is 18.8. The van der Waals surface area contributed by atoms with Gasteiger partial charge >= 0.3 is 0 Å². The summed E-state index contributed by atoms with van der Waals surface area (Å²) in [7, 11) is 0. The molecular weight excluding hydrogens is 348 g/mol. The molecule has 1 N–H and O–H groups in total. The Morgan fingerprint density at radius 3 is 2.93 bits per heavy atom. The van der Waals surface area contributed by atoms with Crippen molar-refractivity contribution in [3.05, 3.63) is 58.1 Å². The summed E-state index contributed by atoms with van der Waals surface area (Å²) in [4.78, 5) is 12.9. The first-order chi connectivity index (χ1) is 13.1. The molecule has 2 aromatic rings. The Hall–Kier alpha value is -2.80. The van der Waals surface area contributed by atoms with Crippen molar-refractivity contribution in [1.29, 1.82) is 0 Å². The van der Waals surface area contributed by atoms with Crippen molar-refractivity contribution in [2.45, 2.75) is 24.9 Å². The van der Waals surface area contributed by atoms with E-state index in [0.29, 0.717) is 36.3 Å². The predicted molar refractivity (Wildman–Crippen MR) is 99.5 cm³/mol. The monoisotopic (exact) mass is 370 g/mol. The minimum absolute atomic E-state index is 0.0000724. The molecule has 0 aromatic heterocycles. The van der Waals surface area contributed by atoms with Crippen LogP contribution < -0.4 is 9.47 Å². The van der Waals surface area contributed by atoms with E-state index in [1.54, 1.807) is 12.1 Å². The van der Waals surface area contributed by atoms with Gasteiger partial charge in [-0.05, 0) is 49.1 Å². The lowest BCUT2D eigenvalue weighted by atomic mass is 9.90. The summed E-state index contributed by atoms with van der Waals surface area (Å²) in [5, 5.41) is 20.7. The third-order valence-corrected chi connectivity index (χ3v) is 5.17. The molecule has 1 fully saturated rings. The van der Waals surface area contributed by atoms with E-state index in [9.17, 15) is 15.2 Å². The number of non-ortho nitro benzene ring substituents is 1. The lowest BCUT2D eigenvalue weighted by molar-refractivity contribution is -0.385. The predicted octanol–water partition coefficient (Wildman–Crippen LogP) is 3.32. The molecule has 0 spiro atoms. The lowest BCUT2D eigenvalue weighted by Gasteiger charge is -2.36. The number of nitro benzene ring substituents is 1. The first kappa shape index (κ1) is 17.6. The highest BCUT2D eigenvalue weighted by molar-refractivity contribution is 5.49. The fourth-order valence-corrected chi connectivity index (χ4v) is 3.87. The standard InChI is InChI=1S/C20H22N2O5/c23-17-5-1-3-14(9-17)15-4-2-8-21(11-15)12-18-13-26-19-7-6-16(22(24)25)10-20(19)27-18/h1,3,5-7,9-10,15,18,23H,2,4,8,11-13H2. The van der Waals surface area contributed by atoms with Gasteiger partial charge in [0, 0.05) is 19.2 Å². The Labute approximate surface area is 157 Å². The van der Waals surface area contributed by atoms with E-state index in [4.69, 9.17) is 9.47 Å². The van der Waals surface area contributed by atoms with Crippen molar-refractivity contribution >= 4 is 5.69 Å². The van der Waals surface area contributed by atoms with Gasteiger partial charge in [0.15, 0.2) is 11.5 Å². The Balaban J connectivity index is 1.41. The maximum atomic E-state index is 11.0. The van der Waals surface area contributed by atoms with Crippen molar-refractivity contribution in [3.8, 4) is 17.2 Å². The van der Waals surface area contributed by atoms with Gasteiger partial charge in [0.25, 0.3) is 5.69 Å². The number of aromatic hydroxyl groups is 1. The third-order valence-electron chi connectivity index (χ3n) is 5.17. The van der Waals surface area contributed by atoms with Crippen molar-refractivity contribution < 1.29 is 19.5 Å². The van der Waals surface area contributed by atoms with Crippen LogP contribution in [-0.2, 0) is 0 Å². The molecule has 0 bridgehead atoms. The van der Waals surface area contributed by atoms with Crippen LogP contribution in [0.2, 0.25) is 0 Å². The number of nitro groups is 1. The number of benzene rings is 2. The Morgan fingerprint density at radius 2 is 2.11 bits per heavy atom. The molecule has 1 saturated heterocycles. The summed E-state index contributed by atoms with van der Waals surface area (Å²) in [6.45, 7) is 3.01. The molecule has 2 unspecified atom stereocenters. The van der Waals surface area contributed by atoms with Crippen molar-refractivity contribution in [1.82, 2.24) is 4.90 Å². The topological polar surface area (TPSA) is 85.1 Å². The van der Waals surface area contributed by atoms with Crippen LogP contribution in [-0.4, -0.2) is 47.3 Å². The molecular formula is C20H22N2O5. The highest BCUT2D eigenvalue weighted by Gasteiger charge is 2.28. The molecule has 2 aliphatic rings. The van der Waals surface area contributed by atoms with Crippen LogP contribution in [0, 0.1) is 10.1 Å². The van der Waals surface area contributed by atoms with Crippen LogP contribution in [0.4, 0.5) is 5.69 Å². The number of likely N-dealkylation sites (tertiary alicyclic amines) is 1. The van der Waals surface area contributed by atoms with E-state index in [-0.39, 0.29) is 11.8 Å². The second-order valence-corrected chi connectivity index (χ2v) is 7.13. The van der Waals surface area contributed by atoms with Crippen LogP contribution in [0.5, 0.6) is 17.2 Å². The number of hydrogen-bond donors (Lipinski definition) is 1. The second-order valence-electron chi connectivity index (χ2n) is 7.13. The van der Waals surface area contributed by atoms with E-state index in [2.05, 4.69) is 11.0 Å². The molecule has 2 atom stereocenters. The van der Waals surface area contributed by atoms with E-state index in [1.165, 1.54) is 12.1 Å². The molecule has 0 radical (unpaired) electrons. The quantitative estimate of drug-likeness (QED) is 0.656. The number of fused-ring (bicyclic) bond motifs is 1. The van der Waals surface area contributed by atoms with E-state index < -0.39 is 4.92 Å². The van der Waals surface area contributed by atoms with E-state index in [1.807, 2.05) is 12.1 Å². The van der Waals surface area contributed by atoms with Crippen molar-refractivity contribution in [3.63, 3.8) is 0 Å². The molecule has 4 rings (SSSR count). The van der Waals surface area contributed by atoms with E-state index in [0.717, 1.165) is 31.5 Å². The molecule has 2 heterocycles. The number of ether oxygens (including phenoxy) is 2. The number of phenolic OH excluding ortho intramolecular Hbond substituents is 1. The van der Waals surface area contributed by atoms with Gasteiger partial charge in [0.2, 0.25) is 0 Å². The summed E-state index contributed by atoms with van der Waals surface area (Å²) >= 11 is 0. The molecule has 0 amide bonds. The highest BCUT2D eigenvalue weighted by atomic mass is 16.6. The van der Waals surface area contributed by atoms with Crippen LogP contribution in [0.15, 0.2) is 42.5 Å². The minimum Gasteiger partial charge on any atom is -0.508 e. The summed E-state index contributed by atoms with van der Waals surface area (Å²) in [5.41, 5.74) is 1.15. The Bertz CT molecular complexity index is 841. The number of phenols is 1. The summed E-state index contributed by atoms with van der Waals surface area (Å²) in [6, 6.07) is 11.9. The first-order valence-corrected chi connectivity index (χ1v) is 9.17. The van der Waals surface area contributed by atoms with Crippen molar-refractivity contribution in [2.24, 2.45) is 0 Å². The lowest BCUT2D eigenvalue weighted by Crippen LogP contribution is -2.44. The minimum atomic E-state index is -0.433. The van der Waals surface area contributed by atoms with Gasteiger partial charge in [-0.1, -0.05) is 12.1 Å². The van der Waals surface area contributed by atoms with Crippen molar-refractivity contribution in [2.75, 3.05) is 26.2 Å². The number of hydrogen-bond acceptors (Lipinski definition) is 6. The Morgan fingerprint density at radius 1 is 1.22 bits per heavy atom. The fraction of sp³-hybridized carbons (Fsp3) is 0.400. The maximum absolute atomic E-state index is 11.0. The number of piperidine rings is 1. The van der Waals surface area contributed by atoms with Crippen LogP contribution >= 0.6 is 0 Å². The molecule has 27 heavy (non-hydrogen) atoms. The van der Waals surface area contributed by atoms with E-state index >= 15 is 0 Å². The van der Waals surface area contributed by atoms with Crippen LogP contribution in [0.3, 0.4) is 0 Å². The molecule has 7 nitrogen and oxygen atoms in total. The van der Waals surface area contributed by atoms with Crippen LogP contribution in [0.1, 0.15) is 24.3 Å². The molecule has 2 aromatic carbocycles. The second kappa shape index (κ2) is 7.44. The Kier molecular flexibility index (Phi) is 4.85. The molecule has 0 saturated carbocycles. The molecule has 7 heteroatoms. The molecule has 2 aliphatic heterocycles. The van der Waals surface area contributed by atoms with Gasteiger partial charge in [0.05, 0.1) is 11.0 Å². The van der Waals surface area contributed by atoms with Gasteiger partial charge in [-0.3, -0.25) is 15.0 Å². The first-order valence-electron chi connectivity index (χ1n) is 9.17. The zero-order valence-corrected chi connectivity index (χ0v) is 14.9. The van der Waals surface area contributed by atoms with Gasteiger partial charge < -0.3 is 14.6 Å². The number of nitrogens with zero attached hydrogens (tertiary/aromatic N) is 2. The summed E-state index contributed by atoms with van der Waals surface area (Å²) in [6.07, 6.45) is 2.01. The smallest absolute Gasteiger partial charge is 0.273 e. The average molecular weight is 370 g/mol. The highest BCUT2D eigenvalue weighted by Crippen LogP contribution is 2.35. The third kappa shape index (κ3) is 3.98. The molecule has 142 valence electrons. The normalized spacial score (nSPS) is 22.4. The average Bonchev–Trinajstić information content (AvgIpc) is 2.67. The zero-order valence-electron chi connectivity index (χ0n) is 14.9. The van der Waals surface area contributed by atoms with Gasteiger partial charge in [-0.15, -0.1) is 0 Å². The maximum Gasteiger partial charge on any atom is 0.273 e. The summed E-state index contributed by atoms with van der Waals surface area (Å²) in [5.74, 6) is 1.66. The van der Waals surface area contributed by atoms with Gasteiger partial charge in [0.1, 0.15) is 18.5 Å². The molecule has 0 aliphatic carbocycles. The summed E-state index contributed by atoms with van der Waals surface area (Å²) < 4.78 is 11.7. The fourth-order valence-electron chi connectivity index (χ4n) is 3.87.